The van der Waals surface area contributed by atoms with Crippen molar-refractivity contribution in [2.75, 3.05) is 26.3 Å². The highest BCUT2D eigenvalue weighted by atomic mass is 16.5. The monoisotopic (exact) mass is 244 g/mol. The third kappa shape index (κ3) is 2.90. The summed E-state index contributed by atoms with van der Waals surface area (Å²) in [6.45, 7) is 7.25. The molecule has 2 rings (SSSR count). The van der Waals surface area contributed by atoms with Crippen molar-refractivity contribution in [3.8, 4) is 6.07 Å². The van der Waals surface area contributed by atoms with Gasteiger partial charge in [-0.1, -0.05) is 29.8 Å². The molecule has 1 saturated heterocycles. The molecule has 1 heterocycles. The molecule has 96 valence electrons. The lowest BCUT2D eigenvalue weighted by molar-refractivity contribution is 0.00189. The van der Waals surface area contributed by atoms with Crippen LogP contribution in [0.15, 0.2) is 24.3 Å². The molecule has 1 aromatic carbocycles. The van der Waals surface area contributed by atoms with E-state index in [9.17, 15) is 5.26 Å². The van der Waals surface area contributed by atoms with Crippen LogP contribution in [0.25, 0.3) is 0 Å². The number of hydrogen-bond acceptors (Lipinski definition) is 3. The van der Waals surface area contributed by atoms with Crippen LogP contribution in [0.4, 0.5) is 0 Å². The van der Waals surface area contributed by atoms with Gasteiger partial charge in [0.05, 0.1) is 19.3 Å². The summed E-state index contributed by atoms with van der Waals surface area (Å²) in [5.41, 5.74) is 2.04. The van der Waals surface area contributed by atoms with E-state index in [1.165, 1.54) is 11.1 Å². The number of morpholine rings is 1. The third-order valence-corrected chi connectivity index (χ3v) is 3.58. The zero-order valence-corrected chi connectivity index (χ0v) is 11.1. The van der Waals surface area contributed by atoms with Crippen molar-refractivity contribution in [1.29, 1.82) is 5.26 Å². The maximum atomic E-state index is 9.54. The lowest BCUT2D eigenvalue weighted by Gasteiger charge is -2.38. The molecular weight excluding hydrogens is 224 g/mol. The number of ether oxygens (including phenoxy) is 1. The van der Waals surface area contributed by atoms with Crippen LogP contribution in [-0.2, 0) is 11.2 Å². The van der Waals surface area contributed by atoms with Gasteiger partial charge in [0.1, 0.15) is 5.54 Å². The van der Waals surface area contributed by atoms with Gasteiger partial charge in [-0.15, -0.1) is 0 Å². The maximum Gasteiger partial charge on any atom is 0.110 e. The second-order valence-corrected chi connectivity index (χ2v) is 5.15. The predicted octanol–water partition coefficient (Wildman–Crippen LogP) is 2.15. The molecular formula is C15H20N2O. The smallest absolute Gasteiger partial charge is 0.110 e. The first kappa shape index (κ1) is 13.1. The number of hydrogen-bond donors (Lipinski definition) is 0. The Bertz CT molecular complexity index is 446. The SMILES string of the molecule is Cc1cccc(CC(C)(C#N)N2CCOCC2)c1. The van der Waals surface area contributed by atoms with Crippen LogP contribution >= 0.6 is 0 Å². The molecule has 3 heteroatoms. The minimum absolute atomic E-state index is 0.433. The molecule has 0 N–H and O–H groups in total. The molecule has 1 aliphatic rings. The quantitative estimate of drug-likeness (QED) is 0.817. The zero-order valence-electron chi connectivity index (χ0n) is 11.1. The maximum absolute atomic E-state index is 9.54. The zero-order chi connectivity index (χ0) is 13.0. The highest BCUT2D eigenvalue weighted by Gasteiger charge is 2.33. The minimum atomic E-state index is -0.433. The van der Waals surface area contributed by atoms with Crippen molar-refractivity contribution in [3.63, 3.8) is 0 Å². The van der Waals surface area contributed by atoms with Gasteiger partial charge in [-0.2, -0.15) is 5.26 Å². The van der Waals surface area contributed by atoms with Gasteiger partial charge in [-0.25, -0.2) is 0 Å². The van der Waals surface area contributed by atoms with Crippen molar-refractivity contribution in [3.05, 3.63) is 35.4 Å². The molecule has 3 nitrogen and oxygen atoms in total. The van der Waals surface area contributed by atoms with E-state index in [0.717, 1.165) is 32.7 Å². The molecule has 0 amide bonds. The van der Waals surface area contributed by atoms with Crippen LogP contribution in [-0.4, -0.2) is 36.7 Å². The van der Waals surface area contributed by atoms with E-state index in [1.807, 2.05) is 6.92 Å². The Balaban J connectivity index is 2.15. The molecule has 1 aliphatic heterocycles. The normalized spacial score (nSPS) is 20.1. The number of nitriles is 1. The fourth-order valence-corrected chi connectivity index (χ4v) is 2.50. The van der Waals surface area contributed by atoms with E-state index < -0.39 is 5.54 Å². The van der Waals surface area contributed by atoms with Gasteiger partial charge in [-0.3, -0.25) is 4.90 Å². The molecule has 0 saturated carbocycles. The van der Waals surface area contributed by atoms with Crippen molar-refractivity contribution in [2.45, 2.75) is 25.8 Å². The highest BCUT2D eigenvalue weighted by molar-refractivity contribution is 5.26. The molecule has 1 unspecified atom stereocenters. The summed E-state index contributed by atoms with van der Waals surface area (Å²) in [5, 5.41) is 9.54. The Morgan fingerprint density at radius 3 is 2.72 bits per heavy atom. The Morgan fingerprint density at radius 1 is 1.39 bits per heavy atom. The molecule has 18 heavy (non-hydrogen) atoms. The Labute approximate surface area is 109 Å². The van der Waals surface area contributed by atoms with Crippen LogP contribution in [0.2, 0.25) is 0 Å². The van der Waals surface area contributed by atoms with Crippen LogP contribution in [0, 0.1) is 18.3 Å². The summed E-state index contributed by atoms with van der Waals surface area (Å²) in [6.07, 6.45) is 0.769. The van der Waals surface area contributed by atoms with Gasteiger partial charge in [0.2, 0.25) is 0 Å². The van der Waals surface area contributed by atoms with Gasteiger partial charge in [0, 0.05) is 19.5 Å². The van der Waals surface area contributed by atoms with Gasteiger partial charge in [-0.05, 0) is 19.4 Å². The minimum Gasteiger partial charge on any atom is -0.379 e. The Hall–Kier alpha value is -1.37. The molecule has 1 atom stereocenters. The summed E-state index contributed by atoms with van der Waals surface area (Å²) < 4.78 is 5.36. The number of benzene rings is 1. The fraction of sp³-hybridized carbons (Fsp3) is 0.533. The van der Waals surface area contributed by atoms with E-state index in [0.29, 0.717) is 0 Å². The van der Waals surface area contributed by atoms with Crippen molar-refractivity contribution in [1.82, 2.24) is 4.90 Å². The van der Waals surface area contributed by atoms with Crippen LogP contribution < -0.4 is 0 Å². The first-order valence-corrected chi connectivity index (χ1v) is 6.44. The average Bonchev–Trinajstić information content (AvgIpc) is 2.39. The molecule has 0 aromatic heterocycles. The number of nitrogens with zero attached hydrogens (tertiary/aromatic N) is 2. The largest absolute Gasteiger partial charge is 0.379 e. The molecule has 0 bridgehead atoms. The standard InChI is InChI=1S/C15H20N2O/c1-13-4-3-5-14(10-13)11-15(2,12-16)17-6-8-18-9-7-17/h3-5,10H,6-9,11H2,1-2H3. The highest BCUT2D eigenvalue weighted by Crippen LogP contribution is 2.22. The first-order valence-electron chi connectivity index (χ1n) is 6.44. The molecule has 0 aliphatic carbocycles. The topological polar surface area (TPSA) is 36.3 Å². The Kier molecular flexibility index (Phi) is 4.00. The number of rotatable bonds is 3. The molecule has 1 fully saturated rings. The van der Waals surface area contributed by atoms with Crippen molar-refractivity contribution < 1.29 is 4.74 Å². The number of aryl methyl sites for hydroxylation is 1. The summed E-state index contributed by atoms with van der Waals surface area (Å²) in [7, 11) is 0. The lowest BCUT2D eigenvalue weighted by atomic mass is 9.91. The van der Waals surface area contributed by atoms with Crippen LogP contribution in [0.5, 0.6) is 0 Å². The van der Waals surface area contributed by atoms with Crippen LogP contribution in [0.3, 0.4) is 0 Å². The van der Waals surface area contributed by atoms with Crippen LogP contribution in [0.1, 0.15) is 18.1 Å². The molecule has 1 aromatic rings. The third-order valence-electron chi connectivity index (χ3n) is 3.58. The lowest BCUT2D eigenvalue weighted by Crippen LogP contribution is -2.52. The summed E-state index contributed by atoms with van der Waals surface area (Å²) in [5.74, 6) is 0. The van der Waals surface area contributed by atoms with E-state index in [1.54, 1.807) is 0 Å². The van der Waals surface area contributed by atoms with Gasteiger partial charge < -0.3 is 4.74 Å². The average molecular weight is 244 g/mol. The Morgan fingerprint density at radius 2 is 2.11 bits per heavy atom. The van der Waals surface area contributed by atoms with Gasteiger partial charge in [0.15, 0.2) is 0 Å². The summed E-state index contributed by atoms with van der Waals surface area (Å²) >= 11 is 0. The van der Waals surface area contributed by atoms with Crippen molar-refractivity contribution >= 4 is 0 Å². The first-order chi connectivity index (χ1) is 8.64. The predicted molar refractivity (Wildman–Crippen MR) is 71.3 cm³/mol. The second-order valence-electron chi connectivity index (χ2n) is 5.15. The van der Waals surface area contributed by atoms with E-state index >= 15 is 0 Å². The fourth-order valence-electron chi connectivity index (χ4n) is 2.50. The van der Waals surface area contributed by atoms with E-state index in [2.05, 4.69) is 42.2 Å². The second kappa shape index (κ2) is 5.51. The summed E-state index contributed by atoms with van der Waals surface area (Å²) in [6, 6.07) is 10.9. The van der Waals surface area contributed by atoms with Gasteiger partial charge in [0.25, 0.3) is 0 Å². The van der Waals surface area contributed by atoms with E-state index in [4.69, 9.17) is 4.74 Å². The van der Waals surface area contributed by atoms with Crippen molar-refractivity contribution in [2.24, 2.45) is 0 Å². The summed E-state index contributed by atoms with van der Waals surface area (Å²) in [4.78, 5) is 2.23. The molecule has 0 spiro atoms. The van der Waals surface area contributed by atoms with Gasteiger partial charge >= 0.3 is 0 Å². The molecule has 0 radical (unpaired) electrons. The van der Waals surface area contributed by atoms with E-state index in [-0.39, 0.29) is 0 Å².